The summed E-state index contributed by atoms with van der Waals surface area (Å²) in [5, 5.41) is 8.23. The maximum atomic E-state index is 5.90. The minimum atomic E-state index is 0. The molecule has 2 N–H and O–H groups in total. The van der Waals surface area contributed by atoms with Gasteiger partial charge in [0.05, 0.1) is 0 Å². The number of hydrogen-bond donors (Lipinski definition) is 2. The summed E-state index contributed by atoms with van der Waals surface area (Å²) in [7, 11) is 0. The number of furan rings is 1. The van der Waals surface area contributed by atoms with Gasteiger partial charge in [-0.05, 0) is 44.7 Å². The molecule has 29 heavy (non-hydrogen) atoms. The zero-order valence-electron chi connectivity index (χ0n) is 17.5. The molecule has 0 unspecified atom stereocenters. The zero-order chi connectivity index (χ0) is 19.2. The number of para-hydroxylation sites is 1. The first-order valence-electron chi connectivity index (χ1n) is 11.1. The van der Waals surface area contributed by atoms with E-state index in [9.17, 15) is 0 Å². The third kappa shape index (κ3) is 6.10. The average molecular weight is 510 g/mol. The highest BCUT2D eigenvalue weighted by molar-refractivity contribution is 14.0. The number of benzene rings is 1. The van der Waals surface area contributed by atoms with Crippen molar-refractivity contribution >= 4 is 40.9 Å². The second kappa shape index (κ2) is 11.2. The molecule has 1 saturated heterocycles. The molecule has 1 saturated carbocycles. The van der Waals surface area contributed by atoms with Gasteiger partial charge in [0.25, 0.3) is 0 Å². The number of guanidine groups is 1. The number of piperidine rings is 1. The fraction of sp³-hybridized carbons (Fsp3) is 0.609. The van der Waals surface area contributed by atoms with Gasteiger partial charge >= 0.3 is 0 Å². The van der Waals surface area contributed by atoms with Gasteiger partial charge in [-0.15, -0.1) is 24.0 Å². The van der Waals surface area contributed by atoms with Crippen molar-refractivity contribution in [2.45, 2.75) is 64.0 Å². The molecule has 5 nitrogen and oxygen atoms in total. The van der Waals surface area contributed by atoms with Gasteiger partial charge in [0.2, 0.25) is 0 Å². The van der Waals surface area contributed by atoms with Crippen LogP contribution in [0.4, 0.5) is 0 Å². The molecule has 0 spiro atoms. The first kappa shape index (κ1) is 22.4. The molecule has 2 aromatic rings. The molecule has 0 radical (unpaired) electrons. The minimum Gasteiger partial charge on any atom is -0.461 e. The van der Waals surface area contributed by atoms with Crippen molar-refractivity contribution in [2.24, 2.45) is 4.99 Å². The van der Waals surface area contributed by atoms with Crippen LogP contribution < -0.4 is 10.6 Å². The van der Waals surface area contributed by atoms with Crippen LogP contribution in [0.5, 0.6) is 0 Å². The molecule has 2 heterocycles. The van der Waals surface area contributed by atoms with Crippen LogP contribution in [0.1, 0.15) is 51.2 Å². The monoisotopic (exact) mass is 510 g/mol. The molecule has 6 heteroatoms. The van der Waals surface area contributed by atoms with Gasteiger partial charge in [-0.25, -0.2) is 0 Å². The molecule has 1 aliphatic carbocycles. The van der Waals surface area contributed by atoms with Gasteiger partial charge in [-0.3, -0.25) is 4.99 Å². The summed E-state index contributed by atoms with van der Waals surface area (Å²) in [4.78, 5) is 7.51. The van der Waals surface area contributed by atoms with Crippen LogP contribution in [0.15, 0.2) is 39.7 Å². The first-order chi connectivity index (χ1) is 13.8. The topological polar surface area (TPSA) is 52.8 Å². The standard InChI is InChI=1S/C23H34N4O.HI/c1-2-24-23(25-14-11-21-17-18-7-3-6-10-22(18)28-21)26-19-12-15-27(16-13-19)20-8-4-5-9-20;/h3,6-7,10,17,19-20H,2,4-5,8-9,11-16H2,1H3,(H2,24,25,26);1H. The number of rotatable bonds is 6. The maximum Gasteiger partial charge on any atom is 0.191 e. The van der Waals surface area contributed by atoms with Crippen molar-refractivity contribution in [3.63, 3.8) is 0 Å². The van der Waals surface area contributed by atoms with Gasteiger partial charge in [-0.2, -0.15) is 0 Å². The van der Waals surface area contributed by atoms with Crippen LogP contribution in [0.3, 0.4) is 0 Å². The summed E-state index contributed by atoms with van der Waals surface area (Å²) in [6.07, 6.45) is 8.91. The van der Waals surface area contributed by atoms with Crippen LogP contribution in [0, 0.1) is 0 Å². The molecule has 1 aromatic carbocycles. The van der Waals surface area contributed by atoms with Gasteiger partial charge < -0.3 is 20.0 Å². The Morgan fingerprint density at radius 1 is 1.14 bits per heavy atom. The van der Waals surface area contributed by atoms with Crippen LogP contribution in [0.25, 0.3) is 11.0 Å². The number of nitrogens with one attached hydrogen (secondary N) is 2. The highest BCUT2D eigenvalue weighted by Crippen LogP contribution is 2.26. The Kier molecular flexibility index (Phi) is 8.66. The lowest BCUT2D eigenvalue weighted by atomic mass is 10.0. The van der Waals surface area contributed by atoms with Crippen molar-refractivity contribution in [1.29, 1.82) is 0 Å². The second-order valence-corrected chi connectivity index (χ2v) is 8.15. The lowest BCUT2D eigenvalue weighted by Gasteiger charge is -2.36. The van der Waals surface area contributed by atoms with Crippen molar-refractivity contribution in [1.82, 2.24) is 15.5 Å². The SMILES string of the molecule is CCNC(=NCCc1cc2ccccc2o1)NC1CCN(C2CCCC2)CC1.I. The third-order valence-electron chi connectivity index (χ3n) is 6.16. The molecule has 4 rings (SSSR count). The van der Waals surface area contributed by atoms with E-state index in [1.165, 1.54) is 57.0 Å². The van der Waals surface area contributed by atoms with Gasteiger partial charge in [0, 0.05) is 50.1 Å². The normalized spacial score (nSPS) is 19.4. The van der Waals surface area contributed by atoms with Crippen molar-refractivity contribution < 1.29 is 4.42 Å². The molecular weight excluding hydrogens is 475 g/mol. The summed E-state index contributed by atoms with van der Waals surface area (Å²) in [5.74, 6) is 1.95. The van der Waals surface area contributed by atoms with E-state index >= 15 is 0 Å². The average Bonchev–Trinajstić information content (AvgIpc) is 3.38. The quantitative estimate of drug-likeness (QED) is 0.340. The molecule has 0 atom stereocenters. The maximum absolute atomic E-state index is 5.90. The number of halogens is 1. The van der Waals surface area contributed by atoms with Crippen LogP contribution in [-0.4, -0.2) is 49.1 Å². The molecule has 160 valence electrons. The van der Waals surface area contributed by atoms with E-state index in [0.717, 1.165) is 42.9 Å². The van der Waals surface area contributed by atoms with E-state index in [4.69, 9.17) is 9.41 Å². The molecule has 2 fully saturated rings. The second-order valence-electron chi connectivity index (χ2n) is 8.15. The van der Waals surface area contributed by atoms with Gasteiger partial charge in [0.1, 0.15) is 11.3 Å². The third-order valence-corrected chi connectivity index (χ3v) is 6.16. The first-order valence-corrected chi connectivity index (χ1v) is 11.1. The van der Waals surface area contributed by atoms with E-state index in [0.29, 0.717) is 6.04 Å². The van der Waals surface area contributed by atoms with Gasteiger partial charge in [0.15, 0.2) is 5.96 Å². The van der Waals surface area contributed by atoms with Crippen molar-refractivity contribution in [2.75, 3.05) is 26.2 Å². The van der Waals surface area contributed by atoms with Crippen LogP contribution in [-0.2, 0) is 6.42 Å². The fourth-order valence-corrected chi connectivity index (χ4v) is 4.63. The van der Waals surface area contributed by atoms with Crippen molar-refractivity contribution in [3.8, 4) is 0 Å². The van der Waals surface area contributed by atoms with Gasteiger partial charge in [-0.1, -0.05) is 31.0 Å². The predicted octanol–water partition coefficient (Wildman–Crippen LogP) is 4.56. The Morgan fingerprint density at radius 2 is 1.90 bits per heavy atom. The summed E-state index contributed by atoms with van der Waals surface area (Å²) in [6.45, 7) is 6.19. The van der Waals surface area contributed by atoms with Crippen LogP contribution >= 0.6 is 24.0 Å². The molecule has 0 bridgehead atoms. The Balaban J connectivity index is 0.00000240. The number of fused-ring (bicyclic) bond motifs is 1. The molecular formula is C23H35IN4O. The van der Waals surface area contributed by atoms with E-state index in [2.05, 4.69) is 34.6 Å². The van der Waals surface area contributed by atoms with Crippen LogP contribution in [0.2, 0.25) is 0 Å². The Morgan fingerprint density at radius 3 is 2.62 bits per heavy atom. The smallest absolute Gasteiger partial charge is 0.191 e. The summed E-state index contributed by atoms with van der Waals surface area (Å²) in [5.41, 5.74) is 0.959. The minimum absolute atomic E-state index is 0. The Hall–Kier alpha value is -1.28. The number of nitrogens with zero attached hydrogens (tertiary/aromatic N) is 2. The number of likely N-dealkylation sites (tertiary alicyclic amines) is 1. The summed E-state index contributed by atoms with van der Waals surface area (Å²) in [6, 6.07) is 11.7. The molecule has 1 aromatic heterocycles. The lowest BCUT2D eigenvalue weighted by Crippen LogP contribution is -2.50. The largest absolute Gasteiger partial charge is 0.461 e. The fourth-order valence-electron chi connectivity index (χ4n) is 4.63. The van der Waals surface area contributed by atoms with Crippen molar-refractivity contribution in [3.05, 3.63) is 36.1 Å². The van der Waals surface area contributed by atoms with E-state index in [-0.39, 0.29) is 24.0 Å². The highest BCUT2D eigenvalue weighted by atomic mass is 127. The Labute approximate surface area is 191 Å². The predicted molar refractivity (Wildman–Crippen MR) is 131 cm³/mol. The molecule has 1 aliphatic heterocycles. The molecule has 0 amide bonds. The number of aliphatic imine (C=N–C) groups is 1. The summed E-state index contributed by atoms with van der Waals surface area (Å²) < 4.78 is 5.90. The van der Waals surface area contributed by atoms with E-state index in [1.54, 1.807) is 0 Å². The Bertz CT molecular complexity index is 743. The summed E-state index contributed by atoms with van der Waals surface area (Å²) >= 11 is 0. The highest BCUT2D eigenvalue weighted by Gasteiger charge is 2.27. The van der Waals surface area contributed by atoms with E-state index < -0.39 is 0 Å². The number of hydrogen-bond acceptors (Lipinski definition) is 3. The van der Waals surface area contributed by atoms with E-state index in [1.807, 2.05) is 18.2 Å². The zero-order valence-corrected chi connectivity index (χ0v) is 19.9. The molecule has 2 aliphatic rings. The lowest BCUT2D eigenvalue weighted by molar-refractivity contribution is 0.150.